The number of hydrogen-bond acceptors (Lipinski definition) is 2. The summed E-state index contributed by atoms with van der Waals surface area (Å²) in [4.78, 5) is 14.5. The van der Waals surface area contributed by atoms with Crippen molar-refractivity contribution in [2.24, 2.45) is 0 Å². The lowest BCUT2D eigenvalue weighted by molar-refractivity contribution is -0.107. The van der Waals surface area contributed by atoms with Gasteiger partial charge in [-0.25, -0.2) is 0 Å². The van der Waals surface area contributed by atoms with Crippen LogP contribution in [0.2, 0.25) is 0 Å². The molecule has 0 bridgehead atoms. The quantitative estimate of drug-likeness (QED) is 0.678. The van der Waals surface area contributed by atoms with Gasteiger partial charge in [0.25, 0.3) is 0 Å². The molecule has 0 amide bonds. The highest BCUT2D eigenvalue weighted by Gasteiger charge is 2.02. The van der Waals surface area contributed by atoms with Crippen LogP contribution in [0, 0.1) is 0 Å². The molecule has 2 rings (SSSR count). The number of aromatic nitrogens is 1. The van der Waals surface area contributed by atoms with Crippen LogP contribution >= 0.6 is 11.3 Å². The summed E-state index contributed by atoms with van der Waals surface area (Å²) in [5.41, 5.74) is 1.09. The topological polar surface area (TPSA) is 32.9 Å². The van der Waals surface area contributed by atoms with Crippen molar-refractivity contribution in [3.63, 3.8) is 0 Å². The number of hydrogen-bond donors (Lipinski definition) is 1. The minimum absolute atomic E-state index is 0.511. The third-order valence-corrected chi connectivity index (χ3v) is 2.54. The number of fused-ring (bicyclic) bond motifs is 1. The monoisotopic (exact) mass is 165 g/mol. The van der Waals surface area contributed by atoms with E-state index >= 15 is 0 Å². The average molecular weight is 165 g/mol. The van der Waals surface area contributed by atoms with Gasteiger partial charge < -0.3 is 9.78 Å². The van der Waals surface area contributed by atoms with Crippen LogP contribution in [0.5, 0.6) is 0 Å². The molecule has 2 aromatic heterocycles. The van der Waals surface area contributed by atoms with E-state index in [1.54, 1.807) is 11.3 Å². The number of rotatable bonds is 2. The number of H-pyrrole nitrogens is 1. The van der Waals surface area contributed by atoms with Crippen molar-refractivity contribution < 1.29 is 4.79 Å². The van der Waals surface area contributed by atoms with Crippen LogP contribution in [0.4, 0.5) is 0 Å². The number of aromatic amines is 1. The zero-order valence-corrected chi connectivity index (χ0v) is 6.65. The first kappa shape index (κ1) is 6.61. The van der Waals surface area contributed by atoms with E-state index in [1.165, 1.54) is 5.39 Å². The summed E-state index contributed by atoms with van der Waals surface area (Å²) in [6.45, 7) is 0. The summed E-state index contributed by atoms with van der Waals surface area (Å²) < 4.78 is 0. The number of aldehydes is 1. The highest BCUT2D eigenvalue weighted by molar-refractivity contribution is 7.16. The van der Waals surface area contributed by atoms with E-state index in [4.69, 9.17) is 0 Å². The minimum atomic E-state index is 0.511. The zero-order valence-electron chi connectivity index (χ0n) is 5.83. The summed E-state index contributed by atoms with van der Waals surface area (Å²) >= 11 is 1.66. The molecule has 0 aliphatic carbocycles. The van der Waals surface area contributed by atoms with Crippen molar-refractivity contribution >= 4 is 27.8 Å². The van der Waals surface area contributed by atoms with Gasteiger partial charge in [-0.15, -0.1) is 11.3 Å². The van der Waals surface area contributed by atoms with Gasteiger partial charge in [-0.05, 0) is 17.0 Å². The average Bonchev–Trinajstić information content (AvgIpc) is 2.53. The third-order valence-electron chi connectivity index (χ3n) is 1.69. The molecule has 56 valence electrons. The van der Waals surface area contributed by atoms with Crippen molar-refractivity contribution in [1.82, 2.24) is 4.98 Å². The van der Waals surface area contributed by atoms with Crippen molar-refractivity contribution in [2.45, 2.75) is 6.42 Å². The standard InChI is InChI=1S/C8H7NOS/c10-3-1-6-5-9-8-7(6)2-4-11-8/h2-5,9H,1H2. The van der Waals surface area contributed by atoms with Crippen LogP contribution < -0.4 is 0 Å². The Morgan fingerprint density at radius 3 is 3.36 bits per heavy atom. The van der Waals surface area contributed by atoms with Gasteiger partial charge in [-0.3, -0.25) is 0 Å². The summed E-state index contributed by atoms with van der Waals surface area (Å²) in [6.07, 6.45) is 3.34. The fraction of sp³-hybridized carbons (Fsp3) is 0.125. The van der Waals surface area contributed by atoms with Crippen molar-refractivity contribution in [3.05, 3.63) is 23.2 Å². The smallest absolute Gasteiger partial charge is 0.124 e. The normalized spacial score (nSPS) is 10.5. The van der Waals surface area contributed by atoms with E-state index < -0.39 is 0 Å². The number of nitrogens with one attached hydrogen (secondary N) is 1. The lowest BCUT2D eigenvalue weighted by Crippen LogP contribution is -1.80. The number of carbonyl (C=O) groups is 1. The van der Waals surface area contributed by atoms with Crippen molar-refractivity contribution in [1.29, 1.82) is 0 Å². The predicted molar refractivity (Wildman–Crippen MR) is 45.9 cm³/mol. The number of thiophene rings is 1. The lowest BCUT2D eigenvalue weighted by atomic mass is 10.2. The van der Waals surface area contributed by atoms with Crippen LogP contribution in [0.3, 0.4) is 0 Å². The highest BCUT2D eigenvalue weighted by Crippen LogP contribution is 2.22. The summed E-state index contributed by atoms with van der Waals surface area (Å²) in [5, 5.41) is 3.21. The SMILES string of the molecule is O=CCc1c[nH]c2sccc12. The highest BCUT2D eigenvalue weighted by atomic mass is 32.1. The molecule has 0 saturated heterocycles. The maximum absolute atomic E-state index is 10.2. The van der Waals surface area contributed by atoms with Gasteiger partial charge in [0.05, 0.1) is 4.83 Å². The van der Waals surface area contributed by atoms with Crippen LogP contribution in [-0.4, -0.2) is 11.3 Å². The Balaban J connectivity index is 2.59. The van der Waals surface area contributed by atoms with Gasteiger partial charge in [-0.1, -0.05) is 0 Å². The van der Waals surface area contributed by atoms with E-state index in [1.807, 2.05) is 17.6 Å². The van der Waals surface area contributed by atoms with Gasteiger partial charge in [-0.2, -0.15) is 0 Å². The molecule has 0 radical (unpaired) electrons. The summed E-state index contributed by atoms with van der Waals surface area (Å²) in [6, 6.07) is 2.04. The first-order valence-electron chi connectivity index (χ1n) is 3.39. The third kappa shape index (κ3) is 0.973. The molecule has 0 atom stereocenters. The fourth-order valence-electron chi connectivity index (χ4n) is 1.16. The van der Waals surface area contributed by atoms with Crippen LogP contribution in [-0.2, 0) is 11.2 Å². The minimum Gasteiger partial charge on any atom is -0.353 e. The molecule has 0 saturated carbocycles. The van der Waals surface area contributed by atoms with E-state index in [2.05, 4.69) is 4.98 Å². The maximum Gasteiger partial charge on any atom is 0.124 e. The molecule has 2 heterocycles. The Hall–Kier alpha value is -1.09. The van der Waals surface area contributed by atoms with E-state index in [9.17, 15) is 4.79 Å². The summed E-state index contributed by atoms with van der Waals surface area (Å²) in [7, 11) is 0. The van der Waals surface area contributed by atoms with Crippen LogP contribution in [0.15, 0.2) is 17.6 Å². The van der Waals surface area contributed by atoms with Crippen molar-refractivity contribution in [2.75, 3.05) is 0 Å². The van der Waals surface area contributed by atoms with E-state index in [-0.39, 0.29) is 0 Å². The Bertz CT molecular complexity index is 374. The molecule has 3 heteroatoms. The molecule has 2 nitrogen and oxygen atoms in total. The largest absolute Gasteiger partial charge is 0.353 e. The Labute approximate surface area is 67.9 Å². The van der Waals surface area contributed by atoms with Gasteiger partial charge in [0.2, 0.25) is 0 Å². The molecule has 0 aromatic carbocycles. The van der Waals surface area contributed by atoms with Gasteiger partial charge in [0.1, 0.15) is 6.29 Å². The maximum atomic E-state index is 10.2. The molecule has 1 N–H and O–H groups in total. The second-order valence-electron chi connectivity index (χ2n) is 2.35. The van der Waals surface area contributed by atoms with Gasteiger partial charge in [0, 0.05) is 18.0 Å². The fourth-order valence-corrected chi connectivity index (χ4v) is 1.96. The van der Waals surface area contributed by atoms with Gasteiger partial charge >= 0.3 is 0 Å². The Kier molecular flexibility index (Phi) is 1.51. The Morgan fingerprint density at radius 2 is 2.55 bits per heavy atom. The second-order valence-corrected chi connectivity index (χ2v) is 3.26. The summed E-state index contributed by atoms with van der Waals surface area (Å²) in [5.74, 6) is 0. The molecule has 0 fully saturated rings. The molecule has 2 aromatic rings. The number of carbonyl (C=O) groups excluding carboxylic acids is 1. The first-order valence-corrected chi connectivity index (χ1v) is 4.27. The molecule has 0 spiro atoms. The molecule has 0 aliphatic rings. The molecule has 0 aliphatic heterocycles. The van der Waals surface area contributed by atoms with Gasteiger partial charge in [0.15, 0.2) is 0 Å². The van der Waals surface area contributed by atoms with Crippen LogP contribution in [0.25, 0.3) is 10.2 Å². The molecular weight excluding hydrogens is 158 g/mol. The molecular formula is C8H7NOS. The molecule has 11 heavy (non-hydrogen) atoms. The predicted octanol–water partition coefficient (Wildman–Crippen LogP) is 1.97. The Morgan fingerprint density at radius 1 is 1.64 bits per heavy atom. The first-order chi connectivity index (χ1) is 5.42. The second kappa shape index (κ2) is 2.51. The van der Waals surface area contributed by atoms with E-state index in [0.29, 0.717) is 6.42 Å². The van der Waals surface area contributed by atoms with Crippen molar-refractivity contribution in [3.8, 4) is 0 Å². The molecule has 0 unspecified atom stereocenters. The lowest BCUT2D eigenvalue weighted by Gasteiger charge is -1.83. The zero-order chi connectivity index (χ0) is 7.68. The van der Waals surface area contributed by atoms with Crippen LogP contribution in [0.1, 0.15) is 5.56 Å². The van der Waals surface area contributed by atoms with E-state index in [0.717, 1.165) is 16.7 Å².